The summed E-state index contributed by atoms with van der Waals surface area (Å²) in [5, 5.41) is 10.0. The van der Waals surface area contributed by atoms with E-state index < -0.39 is 5.91 Å². The van der Waals surface area contributed by atoms with E-state index >= 15 is 0 Å². The molecule has 2 aliphatic heterocycles. The van der Waals surface area contributed by atoms with E-state index in [4.69, 9.17) is 4.74 Å². The van der Waals surface area contributed by atoms with E-state index in [9.17, 15) is 14.7 Å². The van der Waals surface area contributed by atoms with Crippen LogP contribution in [0, 0.1) is 0 Å². The van der Waals surface area contributed by atoms with Crippen LogP contribution in [0.25, 0.3) is 0 Å². The number of piperazine rings is 1. The smallest absolute Gasteiger partial charge is 0.268 e. The number of ether oxygens (including phenoxy) is 1. The van der Waals surface area contributed by atoms with Crippen LogP contribution in [-0.4, -0.2) is 77.6 Å². The molecule has 8 heteroatoms. The third-order valence-corrected chi connectivity index (χ3v) is 5.57. The van der Waals surface area contributed by atoms with Gasteiger partial charge >= 0.3 is 0 Å². The van der Waals surface area contributed by atoms with Crippen LogP contribution in [0.1, 0.15) is 23.2 Å². The van der Waals surface area contributed by atoms with Gasteiger partial charge in [-0.15, -0.1) is 0 Å². The number of phenolic OH excluding ortho intramolecular Hbond substituents is 1. The fourth-order valence-electron chi connectivity index (χ4n) is 3.89. The highest BCUT2D eigenvalue weighted by Crippen LogP contribution is 2.31. The maximum Gasteiger partial charge on any atom is 0.268 e. The number of imide groups is 1. The van der Waals surface area contributed by atoms with Crippen molar-refractivity contribution in [1.29, 1.82) is 0 Å². The van der Waals surface area contributed by atoms with Crippen molar-refractivity contribution in [2.45, 2.75) is 12.8 Å². The maximum atomic E-state index is 12.8. The third-order valence-electron chi connectivity index (χ3n) is 5.57. The first-order valence-electron chi connectivity index (χ1n) is 10.3. The maximum absolute atomic E-state index is 12.8. The van der Waals surface area contributed by atoms with Gasteiger partial charge < -0.3 is 14.7 Å². The summed E-state index contributed by atoms with van der Waals surface area (Å²) in [6, 6.07) is 10.6. The molecule has 1 aromatic heterocycles. The molecule has 0 aliphatic carbocycles. The molecule has 0 atom stereocenters. The molecule has 2 aliphatic rings. The summed E-state index contributed by atoms with van der Waals surface area (Å²) in [5.41, 5.74) is 0.0639. The predicted molar refractivity (Wildman–Crippen MR) is 112 cm³/mol. The van der Waals surface area contributed by atoms with E-state index in [1.807, 2.05) is 24.4 Å². The molecule has 3 heterocycles. The van der Waals surface area contributed by atoms with Crippen LogP contribution >= 0.6 is 0 Å². The van der Waals surface area contributed by atoms with Crippen molar-refractivity contribution in [2.75, 3.05) is 50.8 Å². The second-order valence-corrected chi connectivity index (χ2v) is 7.51. The molecule has 30 heavy (non-hydrogen) atoms. The molecule has 8 nitrogen and oxygen atoms in total. The van der Waals surface area contributed by atoms with Crippen molar-refractivity contribution in [3.63, 3.8) is 0 Å². The van der Waals surface area contributed by atoms with Crippen LogP contribution in [0.4, 0.5) is 5.82 Å². The van der Waals surface area contributed by atoms with Crippen molar-refractivity contribution < 1.29 is 19.4 Å². The number of hydrogen-bond acceptors (Lipinski definition) is 7. The fourth-order valence-corrected chi connectivity index (χ4v) is 3.89. The minimum absolute atomic E-state index is 0.0639. The van der Waals surface area contributed by atoms with Gasteiger partial charge in [0.2, 0.25) is 0 Å². The molecule has 0 spiro atoms. The van der Waals surface area contributed by atoms with Crippen LogP contribution in [0.5, 0.6) is 11.5 Å². The molecule has 2 aromatic rings. The zero-order valence-electron chi connectivity index (χ0n) is 16.9. The zero-order chi connectivity index (χ0) is 20.9. The molecule has 0 bridgehead atoms. The van der Waals surface area contributed by atoms with Gasteiger partial charge in [-0.1, -0.05) is 12.1 Å². The van der Waals surface area contributed by atoms with Gasteiger partial charge in [-0.2, -0.15) is 0 Å². The van der Waals surface area contributed by atoms with E-state index in [0.29, 0.717) is 13.0 Å². The van der Waals surface area contributed by atoms with Crippen molar-refractivity contribution in [1.82, 2.24) is 14.8 Å². The lowest BCUT2D eigenvalue weighted by molar-refractivity contribution is -0.130. The van der Waals surface area contributed by atoms with E-state index in [-0.39, 0.29) is 29.6 Å². The number of aromatic hydroxyl groups is 1. The largest absolute Gasteiger partial charge is 0.507 e. The fraction of sp³-hybridized carbons (Fsp3) is 0.409. The van der Waals surface area contributed by atoms with Gasteiger partial charge in [0.25, 0.3) is 11.8 Å². The average Bonchev–Trinajstić information content (AvgIpc) is 2.89. The van der Waals surface area contributed by atoms with E-state index in [0.717, 1.165) is 45.0 Å². The summed E-state index contributed by atoms with van der Waals surface area (Å²) >= 11 is 0. The molecule has 0 radical (unpaired) electrons. The number of nitrogens with zero attached hydrogens (tertiary/aromatic N) is 4. The van der Waals surface area contributed by atoms with Gasteiger partial charge in [-0.3, -0.25) is 19.4 Å². The van der Waals surface area contributed by atoms with Crippen LogP contribution in [0.15, 0.2) is 42.6 Å². The van der Waals surface area contributed by atoms with Crippen LogP contribution in [-0.2, 0) is 4.79 Å². The van der Waals surface area contributed by atoms with Crippen LogP contribution in [0.3, 0.4) is 0 Å². The number of hydrogen-bond donors (Lipinski definition) is 1. The van der Waals surface area contributed by atoms with E-state index in [1.165, 1.54) is 11.0 Å². The van der Waals surface area contributed by atoms with E-state index in [2.05, 4.69) is 14.8 Å². The highest BCUT2D eigenvalue weighted by Gasteiger charge is 2.31. The topological polar surface area (TPSA) is 86.2 Å². The second kappa shape index (κ2) is 9.13. The Bertz CT molecular complexity index is 897. The van der Waals surface area contributed by atoms with Crippen molar-refractivity contribution in [3.8, 4) is 11.5 Å². The number of fused-ring (bicyclic) bond motifs is 1. The number of benzene rings is 1. The summed E-state index contributed by atoms with van der Waals surface area (Å²) < 4.78 is 5.40. The number of aromatic nitrogens is 1. The first kappa shape index (κ1) is 20.2. The Hall–Kier alpha value is -3.13. The van der Waals surface area contributed by atoms with Crippen molar-refractivity contribution in [3.05, 3.63) is 48.2 Å². The number of rotatable bonds is 6. The number of unbranched alkanes of at least 4 members (excludes halogenated alkanes) is 1. The monoisotopic (exact) mass is 410 g/mol. The number of anilines is 1. The molecule has 1 fully saturated rings. The summed E-state index contributed by atoms with van der Waals surface area (Å²) in [4.78, 5) is 35.4. The Morgan fingerprint density at radius 3 is 2.53 bits per heavy atom. The van der Waals surface area contributed by atoms with Gasteiger partial charge in [-0.25, -0.2) is 4.98 Å². The Labute approximate surface area is 175 Å². The first-order valence-corrected chi connectivity index (χ1v) is 10.3. The normalized spacial score (nSPS) is 17.5. The summed E-state index contributed by atoms with van der Waals surface area (Å²) in [7, 11) is 0. The zero-order valence-corrected chi connectivity index (χ0v) is 16.9. The lowest BCUT2D eigenvalue weighted by Crippen LogP contribution is -2.47. The van der Waals surface area contributed by atoms with Crippen molar-refractivity contribution >= 4 is 17.6 Å². The quantitative estimate of drug-likeness (QED) is 0.574. The highest BCUT2D eigenvalue weighted by molar-refractivity contribution is 6.09. The Kier molecular flexibility index (Phi) is 6.13. The van der Waals surface area contributed by atoms with Crippen molar-refractivity contribution in [2.24, 2.45) is 0 Å². The minimum Gasteiger partial charge on any atom is -0.507 e. The molecule has 0 saturated carbocycles. The van der Waals surface area contributed by atoms with Crippen LogP contribution < -0.4 is 9.64 Å². The molecular formula is C22H26N4O4. The molecule has 158 valence electrons. The third kappa shape index (κ3) is 4.38. The lowest BCUT2D eigenvalue weighted by atomic mass is 10.1. The number of carbonyl (C=O) groups excluding carboxylic acids is 2. The molecule has 1 saturated heterocycles. The summed E-state index contributed by atoms with van der Waals surface area (Å²) in [6.45, 7) is 4.85. The molecule has 1 N–H and O–H groups in total. The SMILES string of the molecule is O=C1COc2cccc(O)c2C(=O)N1CCCCN1CCN(c2ccccn2)CC1. The second-order valence-electron chi connectivity index (χ2n) is 7.51. The lowest BCUT2D eigenvalue weighted by Gasteiger charge is -2.35. The summed E-state index contributed by atoms with van der Waals surface area (Å²) in [6.07, 6.45) is 3.41. The average molecular weight is 410 g/mol. The standard InChI is InChI=1S/C22H26N4O4/c27-17-6-5-7-18-21(17)22(29)26(20(28)16-30-18)11-4-3-10-24-12-14-25(15-13-24)19-8-1-2-9-23-19/h1-2,5-9,27H,3-4,10-16H2. The molecule has 1 aromatic carbocycles. The van der Waals surface area contributed by atoms with Gasteiger partial charge in [0, 0.05) is 38.9 Å². The number of amides is 2. The van der Waals surface area contributed by atoms with Gasteiger partial charge in [0.15, 0.2) is 6.61 Å². The Balaban J connectivity index is 1.25. The van der Waals surface area contributed by atoms with Gasteiger partial charge in [0.1, 0.15) is 22.9 Å². The molecule has 2 amide bonds. The Morgan fingerprint density at radius 1 is 0.967 bits per heavy atom. The number of pyridine rings is 1. The highest BCUT2D eigenvalue weighted by atomic mass is 16.5. The predicted octanol–water partition coefficient (Wildman–Crippen LogP) is 1.75. The number of phenols is 1. The minimum atomic E-state index is -0.491. The molecule has 4 rings (SSSR count). The van der Waals surface area contributed by atoms with Gasteiger partial charge in [0.05, 0.1) is 0 Å². The van der Waals surface area contributed by atoms with E-state index in [1.54, 1.807) is 12.1 Å². The summed E-state index contributed by atoms with van der Waals surface area (Å²) in [5.74, 6) is 0.236. The molecule has 0 unspecified atom stereocenters. The Morgan fingerprint density at radius 2 is 1.77 bits per heavy atom. The van der Waals surface area contributed by atoms with Crippen LogP contribution in [0.2, 0.25) is 0 Å². The van der Waals surface area contributed by atoms with Gasteiger partial charge in [-0.05, 0) is 43.7 Å². The first-order chi connectivity index (χ1) is 14.6. The molecular weight excluding hydrogens is 384 g/mol. The number of carbonyl (C=O) groups is 2.